The Bertz CT molecular complexity index is 2470. The van der Waals surface area contributed by atoms with Gasteiger partial charge in [0.05, 0.1) is 6.54 Å². The molecule has 8 aromatic rings. The average molecular weight is 706 g/mol. The van der Waals surface area contributed by atoms with Gasteiger partial charge < -0.3 is 4.57 Å². The van der Waals surface area contributed by atoms with Crippen molar-refractivity contribution >= 4 is 11.2 Å². The summed E-state index contributed by atoms with van der Waals surface area (Å²) in [6.07, 6.45) is 3.43. The van der Waals surface area contributed by atoms with Crippen molar-refractivity contribution in [3.63, 3.8) is 0 Å². The minimum absolute atomic E-state index is 0.0600. The highest BCUT2D eigenvalue weighted by atomic mass is 15.6. The summed E-state index contributed by atoms with van der Waals surface area (Å²) in [7, 11) is 0. The first-order valence-electron chi connectivity index (χ1n) is 19.0. The SMILES string of the molecule is CCc1nc2c(C)cc(C)nc2n1Cc1ccc2c(c1)CCc1ccccc1C2Cc1nnnn1C(c1ccccc1)(c1ccccc1)c1ccccc1. The van der Waals surface area contributed by atoms with Crippen molar-refractivity contribution < 1.29 is 0 Å². The lowest BCUT2D eigenvalue weighted by Gasteiger charge is -2.36. The van der Waals surface area contributed by atoms with Gasteiger partial charge >= 0.3 is 0 Å². The second kappa shape index (κ2) is 14.0. The molecule has 0 spiro atoms. The lowest BCUT2D eigenvalue weighted by Crippen LogP contribution is -2.40. The Balaban J connectivity index is 1.18. The molecule has 7 nitrogen and oxygen atoms in total. The molecule has 0 amide bonds. The number of nitrogens with zero attached hydrogens (tertiary/aromatic N) is 7. The van der Waals surface area contributed by atoms with Gasteiger partial charge in [0, 0.05) is 24.5 Å². The van der Waals surface area contributed by atoms with Crippen molar-refractivity contribution in [3.8, 4) is 0 Å². The van der Waals surface area contributed by atoms with Crippen LogP contribution in [0.15, 0.2) is 140 Å². The van der Waals surface area contributed by atoms with E-state index in [1.54, 1.807) is 0 Å². The topological polar surface area (TPSA) is 74.3 Å². The first-order valence-corrected chi connectivity index (χ1v) is 19.0. The third-order valence-corrected chi connectivity index (χ3v) is 11.2. The van der Waals surface area contributed by atoms with Crippen molar-refractivity contribution in [1.29, 1.82) is 0 Å². The number of fused-ring (bicyclic) bond motifs is 3. The zero-order chi connectivity index (χ0) is 36.6. The smallest absolute Gasteiger partial charge is 0.160 e. The van der Waals surface area contributed by atoms with Crippen LogP contribution >= 0.6 is 0 Å². The van der Waals surface area contributed by atoms with E-state index in [9.17, 15) is 0 Å². The monoisotopic (exact) mass is 705 g/mol. The van der Waals surface area contributed by atoms with E-state index >= 15 is 0 Å². The van der Waals surface area contributed by atoms with Gasteiger partial charge in [-0.2, -0.15) is 0 Å². The lowest BCUT2D eigenvalue weighted by molar-refractivity contribution is 0.427. The van der Waals surface area contributed by atoms with Crippen LogP contribution in [0.1, 0.15) is 80.3 Å². The first-order chi connectivity index (χ1) is 26.5. The number of imidazole rings is 1. The van der Waals surface area contributed by atoms with E-state index in [2.05, 4.69) is 175 Å². The molecule has 54 heavy (non-hydrogen) atoms. The van der Waals surface area contributed by atoms with Gasteiger partial charge in [0.1, 0.15) is 16.9 Å². The summed E-state index contributed by atoms with van der Waals surface area (Å²) in [6.45, 7) is 7.10. The fraction of sp³-hybridized carbons (Fsp3) is 0.213. The van der Waals surface area contributed by atoms with Gasteiger partial charge in [-0.05, 0) is 93.3 Å². The van der Waals surface area contributed by atoms with Crippen molar-refractivity contribution in [2.75, 3.05) is 0 Å². The predicted octanol–water partition coefficient (Wildman–Crippen LogP) is 8.96. The summed E-state index contributed by atoms with van der Waals surface area (Å²) in [4.78, 5) is 9.98. The van der Waals surface area contributed by atoms with E-state index < -0.39 is 5.54 Å². The van der Waals surface area contributed by atoms with E-state index in [4.69, 9.17) is 20.3 Å². The van der Waals surface area contributed by atoms with Gasteiger partial charge in [-0.15, -0.1) is 5.10 Å². The molecule has 1 aliphatic carbocycles. The molecule has 0 bridgehead atoms. The van der Waals surface area contributed by atoms with E-state index in [0.717, 1.165) is 71.0 Å². The zero-order valence-electron chi connectivity index (χ0n) is 31.0. The summed E-state index contributed by atoms with van der Waals surface area (Å²) in [6, 6.07) is 50.1. The minimum Gasteiger partial charge on any atom is -0.308 e. The Labute approximate surface area is 316 Å². The Hall–Kier alpha value is -6.21. The van der Waals surface area contributed by atoms with Crippen LogP contribution in [0.25, 0.3) is 11.2 Å². The van der Waals surface area contributed by atoms with E-state index in [1.807, 2.05) is 0 Å². The quantitative estimate of drug-likeness (QED) is 0.140. The summed E-state index contributed by atoms with van der Waals surface area (Å²) < 4.78 is 4.40. The van der Waals surface area contributed by atoms with Crippen LogP contribution in [0.2, 0.25) is 0 Å². The highest BCUT2D eigenvalue weighted by Gasteiger charge is 2.42. The Morgan fingerprint density at radius 3 is 1.93 bits per heavy atom. The summed E-state index contributed by atoms with van der Waals surface area (Å²) in [5.74, 6) is 1.96. The van der Waals surface area contributed by atoms with Gasteiger partial charge in [-0.1, -0.05) is 140 Å². The number of benzene rings is 5. The molecule has 5 aromatic carbocycles. The number of aromatic nitrogens is 7. The molecule has 9 rings (SSSR count). The molecular weight excluding hydrogens is 663 g/mol. The summed E-state index contributed by atoms with van der Waals surface area (Å²) >= 11 is 0. The maximum Gasteiger partial charge on any atom is 0.160 e. The van der Waals surface area contributed by atoms with Gasteiger partial charge in [-0.25, -0.2) is 14.6 Å². The standard InChI is InChI=1S/C47H43N7/c1-4-43-49-45-32(2)28-33(3)48-46(45)53(43)31-34-24-27-41-36(29-34)26-25-35-16-14-15-23-40(35)42(41)30-44-50-51-52-54(44)47(37-17-8-5-9-18-37,38-19-10-6-11-20-38)39-21-12-7-13-22-39/h5-24,27-29,42H,4,25-26,30-31H2,1-3H3. The van der Waals surface area contributed by atoms with E-state index in [-0.39, 0.29) is 5.92 Å². The third-order valence-electron chi connectivity index (χ3n) is 11.2. The van der Waals surface area contributed by atoms with Crippen LogP contribution in [0.5, 0.6) is 0 Å². The van der Waals surface area contributed by atoms with Crippen molar-refractivity contribution in [1.82, 2.24) is 34.7 Å². The van der Waals surface area contributed by atoms with Crippen LogP contribution in [-0.2, 0) is 37.8 Å². The molecule has 0 saturated carbocycles. The molecule has 0 radical (unpaired) electrons. The lowest BCUT2D eigenvalue weighted by atomic mass is 9.76. The molecule has 0 fully saturated rings. The minimum atomic E-state index is -0.797. The van der Waals surface area contributed by atoms with Crippen LogP contribution in [-0.4, -0.2) is 34.7 Å². The fourth-order valence-corrected chi connectivity index (χ4v) is 8.82. The maximum absolute atomic E-state index is 5.02. The number of tetrazole rings is 1. The second-order valence-electron chi connectivity index (χ2n) is 14.5. The Kier molecular flexibility index (Phi) is 8.70. The number of aryl methyl sites for hydroxylation is 5. The van der Waals surface area contributed by atoms with Crippen LogP contribution in [0, 0.1) is 13.8 Å². The maximum atomic E-state index is 5.02. The number of hydrogen-bond acceptors (Lipinski definition) is 5. The molecule has 3 aromatic heterocycles. The predicted molar refractivity (Wildman–Crippen MR) is 214 cm³/mol. The van der Waals surface area contributed by atoms with Gasteiger partial charge in [0.15, 0.2) is 11.5 Å². The van der Waals surface area contributed by atoms with Gasteiger partial charge in [0.2, 0.25) is 0 Å². The zero-order valence-corrected chi connectivity index (χ0v) is 31.0. The molecule has 0 aliphatic heterocycles. The number of rotatable bonds is 9. The molecule has 7 heteroatoms. The number of pyridine rings is 1. The van der Waals surface area contributed by atoms with Crippen LogP contribution in [0.3, 0.4) is 0 Å². The summed E-state index contributed by atoms with van der Waals surface area (Å²) in [5.41, 5.74) is 13.3. The van der Waals surface area contributed by atoms with E-state index in [1.165, 1.54) is 33.4 Å². The second-order valence-corrected chi connectivity index (χ2v) is 14.5. The molecule has 1 atom stereocenters. The highest BCUT2D eigenvalue weighted by molar-refractivity contribution is 5.76. The number of hydrogen-bond donors (Lipinski definition) is 0. The molecule has 266 valence electrons. The molecule has 3 heterocycles. The molecule has 1 aliphatic rings. The Morgan fingerprint density at radius 2 is 1.26 bits per heavy atom. The third kappa shape index (κ3) is 5.71. The molecule has 1 unspecified atom stereocenters. The van der Waals surface area contributed by atoms with Crippen molar-refractivity contribution in [2.24, 2.45) is 0 Å². The molecule has 0 saturated heterocycles. The fourth-order valence-electron chi connectivity index (χ4n) is 8.82. The van der Waals surface area contributed by atoms with E-state index in [0.29, 0.717) is 6.42 Å². The van der Waals surface area contributed by atoms with Gasteiger partial charge in [-0.3, -0.25) is 0 Å². The van der Waals surface area contributed by atoms with Gasteiger partial charge in [0.25, 0.3) is 0 Å². The summed E-state index contributed by atoms with van der Waals surface area (Å²) in [5, 5.41) is 14.1. The van der Waals surface area contributed by atoms with Crippen LogP contribution < -0.4 is 0 Å². The Morgan fingerprint density at radius 1 is 0.648 bits per heavy atom. The molecular formula is C47H43N7. The van der Waals surface area contributed by atoms with Crippen LogP contribution in [0.4, 0.5) is 0 Å². The first kappa shape index (κ1) is 33.6. The largest absolute Gasteiger partial charge is 0.308 e. The molecule has 0 N–H and O–H groups in total. The highest BCUT2D eigenvalue weighted by Crippen LogP contribution is 2.43. The normalized spacial score (nSPS) is 14.1. The average Bonchev–Trinajstić information content (AvgIpc) is 3.78. The van der Waals surface area contributed by atoms with Crippen molar-refractivity contribution in [3.05, 3.63) is 207 Å². The van der Waals surface area contributed by atoms with Crippen molar-refractivity contribution in [2.45, 2.75) is 64.5 Å².